The van der Waals surface area contributed by atoms with E-state index in [-0.39, 0.29) is 16.1 Å². The molecule has 1 aromatic heterocycles. The van der Waals surface area contributed by atoms with Gasteiger partial charge in [0.05, 0.1) is 6.20 Å². The van der Waals surface area contributed by atoms with Gasteiger partial charge < -0.3 is 5.32 Å². The van der Waals surface area contributed by atoms with Crippen molar-refractivity contribution in [3.8, 4) is 0 Å². The van der Waals surface area contributed by atoms with E-state index in [0.717, 1.165) is 0 Å². The first-order valence-corrected chi connectivity index (χ1v) is 6.17. The van der Waals surface area contributed by atoms with Crippen LogP contribution in [0.1, 0.15) is 20.8 Å². The lowest BCUT2D eigenvalue weighted by atomic mass is 9.95. The predicted octanol–water partition coefficient (Wildman–Crippen LogP) is 1.04. The minimum atomic E-state index is -3.67. The normalized spacial score (nSPS) is 18.3. The van der Waals surface area contributed by atoms with E-state index in [0.29, 0.717) is 5.84 Å². The highest BCUT2D eigenvalue weighted by molar-refractivity contribution is 7.90. The Hall–Kier alpha value is -1.50. The summed E-state index contributed by atoms with van der Waals surface area (Å²) in [5.41, 5.74) is -0.379. The topological polar surface area (TPSA) is 84.3 Å². The SMILES string of the molecule is CC(C)(C)C1=NS(=O)(=O)c2cncnc2N1. The Bertz CT molecular complexity index is 557. The molecule has 2 rings (SSSR count). The van der Waals surface area contributed by atoms with Crippen LogP contribution in [0.3, 0.4) is 0 Å². The van der Waals surface area contributed by atoms with Crippen LogP contribution >= 0.6 is 0 Å². The van der Waals surface area contributed by atoms with Crippen molar-refractivity contribution >= 4 is 21.7 Å². The second kappa shape index (κ2) is 3.24. The zero-order valence-corrected chi connectivity index (χ0v) is 10.0. The maximum atomic E-state index is 11.8. The molecule has 0 spiro atoms. The number of fused-ring (bicyclic) bond motifs is 1. The molecule has 0 saturated carbocycles. The van der Waals surface area contributed by atoms with Crippen molar-refractivity contribution in [2.45, 2.75) is 25.7 Å². The average molecular weight is 240 g/mol. The Morgan fingerprint density at radius 3 is 2.62 bits per heavy atom. The number of nitrogens with one attached hydrogen (secondary N) is 1. The van der Waals surface area contributed by atoms with Crippen molar-refractivity contribution < 1.29 is 8.42 Å². The molecule has 0 radical (unpaired) electrons. The molecule has 0 bridgehead atoms. The summed E-state index contributed by atoms with van der Waals surface area (Å²) in [5.74, 6) is 0.675. The van der Waals surface area contributed by atoms with Crippen LogP contribution in [0, 0.1) is 5.41 Å². The summed E-state index contributed by atoms with van der Waals surface area (Å²) in [5, 5.41) is 2.91. The maximum absolute atomic E-state index is 11.8. The van der Waals surface area contributed by atoms with Crippen LogP contribution in [-0.4, -0.2) is 24.2 Å². The quantitative estimate of drug-likeness (QED) is 0.732. The molecule has 1 aliphatic heterocycles. The number of nitrogens with zero attached hydrogens (tertiary/aromatic N) is 3. The van der Waals surface area contributed by atoms with Crippen LogP contribution in [0.15, 0.2) is 21.8 Å². The third-order valence-electron chi connectivity index (χ3n) is 2.12. The van der Waals surface area contributed by atoms with Crippen molar-refractivity contribution in [3.63, 3.8) is 0 Å². The summed E-state index contributed by atoms with van der Waals surface area (Å²) < 4.78 is 27.4. The minimum Gasteiger partial charge on any atom is -0.326 e. The van der Waals surface area contributed by atoms with Crippen LogP contribution in [0.5, 0.6) is 0 Å². The predicted molar refractivity (Wildman–Crippen MR) is 59.7 cm³/mol. The van der Waals surface area contributed by atoms with Gasteiger partial charge in [0.1, 0.15) is 12.2 Å². The Kier molecular flexibility index (Phi) is 2.23. The molecule has 0 aromatic carbocycles. The third kappa shape index (κ3) is 1.78. The van der Waals surface area contributed by atoms with Crippen LogP contribution in [0.4, 0.5) is 5.82 Å². The summed E-state index contributed by atoms with van der Waals surface area (Å²) in [7, 11) is -3.67. The zero-order chi connectivity index (χ0) is 12.0. The Morgan fingerprint density at radius 2 is 2.00 bits per heavy atom. The lowest BCUT2D eigenvalue weighted by molar-refractivity contribution is 0.576. The molecular weight excluding hydrogens is 228 g/mol. The first kappa shape index (κ1) is 11.0. The number of anilines is 1. The first-order chi connectivity index (χ1) is 7.31. The van der Waals surface area contributed by atoms with Crippen LogP contribution in [0.25, 0.3) is 0 Å². The van der Waals surface area contributed by atoms with Gasteiger partial charge in [-0.2, -0.15) is 8.42 Å². The van der Waals surface area contributed by atoms with Crippen LogP contribution in [-0.2, 0) is 10.0 Å². The van der Waals surface area contributed by atoms with E-state index >= 15 is 0 Å². The summed E-state index contributed by atoms with van der Waals surface area (Å²) in [4.78, 5) is 7.59. The maximum Gasteiger partial charge on any atom is 0.289 e. The zero-order valence-electron chi connectivity index (χ0n) is 9.22. The van der Waals surface area contributed by atoms with Crippen LogP contribution < -0.4 is 5.32 Å². The summed E-state index contributed by atoms with van der Waals surface area (Å²) in [6.45, 7) is 5.63. The van der Waals surface area contributed by atoms with Crippen molar-refractivity contribution in [2.24, 2.45) is 9.81 Å². The van der Waals surface area contributed by atoms with E-state index in [4.69, 9.17) is 0 Å². The number of sulfonamides is 1. The smallest absolute Gasteiger partial charge is 0.289 e. The summed E-state index contributed by atoms with van der Waals surface area (Å²) >= 11 is 0. The molecule has 0 aliphatic carbocycles. The van der Waals surface area contributed by atoms with Gasteiger partial charge in [-0.25, -0.2) is 9.97 Å². The summed E-state index contributed by atoms with van der Waals surface area (Å²) in [6.07, 6.45) is 2.54. The minimum absolute atomic E-state index is 0.0167. The van der Waals surface area contributed by atoms with E-state index in [2.05, 4.69) is 19.7 Å². The second-order valence-corrected chi connectivity index (χ2v) is 6.10. The van der Waals surface area contributed by atoms with E-state index in [1.165, 1.54) is 12.5 Å². The fourth-order valence-electron chi connectivity index (χ4n) is 1.23. The number of rotatable bonds is 0. The molecule has 1 N–H and O–H groups in total. The fraction of sp³-hybridized carbons (Fsp3) is 0.444. The fourth-order valence-corrected chi connectivity index (χ4v) is 2.43. The highest BCUT2D eigenvalue weighted by Crippen LogP contribution is 2.28. The average Bonchev–Trinajstić information content (AvgIpc) is 2.15. The molecule has 86 valence electrons. The lowest BCUT2D eigenvalue weighted by Gasteiger charge is -2.25. The van der Waals surface area contributed by atoms with Gasteiger partial charge in [0.2, 0.25) is 0 Å². The van der Waals surface area contributed by atoms with Crippen LogP contribution in [0.2, 0.25) is 0 Å². The number of amidine groups is 1. The van der Waals surface area contributed by atoms with Gasteiger partial charge in [-0.15, -0.1) is 4.40 Å². The van der Waals surface area contributed by atoms with Crippen molar-refractivity contribution in [1.29, 1.82) is 0 Å². The van der Waals surface area contributed by atoms with Gasteiger partial charge in [0.25, 0.3) is 10.0 Å². The molecule has 6 nitrogen and oxygen atoms in total. The number of hydrogen-bond donors (Lipinski definition) is 1. The highest BCUT2D eigenvalue weighted by atomic mass is 32.2. The second-order valence-electron chi connectivity index (χ2n) is 4.53. The van der Waals surface area contributed by atoms with Gasteiger partial charge >= 0.3 is 0 Å². The molecule has 0 atom stereocenters. The van der Waals surface area contributed by atoms with Gasteiger partial charge in [-0.1, -0.05) is 20.8 Å². The number of aromatic nitrogens is 2. The molecule has 0 amide bonds. The summed E-state index contributed by atoms with van der Waals surface area (Å²) in [6, 6.07) is 0. The monoisotopic (exact) mass is 240 g/mol. The molecular formula is C9H12N4O2S. The van der Waals surface area contributed by atoms with Crippen molar-refractivity contribution in [3.05, 3.63) is 12.5 Å². The van der Waals surface area contributed by atoms with Gasteiger partial charge in [0.15, 0.2) is 10.7 Å². The third-order valence-corrected chi connectivity index (χ3v) is 3.39. The molecule has 0 saturated heterocycles. The molecule has 1 aliphatic rings. The largest absolute Gasteiger partial charge is 0.326 e. The lowest BCUT2D eigenvalue weighted by Crippen LogP contribution is -2.33. The molecule has 0 unspecified atom stereocenters. The molecule has 16 heavy (non-hydrogen) atoms. The first-order valence-electron chi connectivity index (χ1n) is 4.73. The van der Waals surface area contributed by atoms with E-state index < -0.39 is 10.0 Å². The van der Waals surface area contributed by atoms with E-state index in [1.54, 1.807) is 0 Å². The Balaban J connectivity index is 2.61. The van der Waals surface area contributed by atoms with E-state index in [9.17, 15) is 8.42 Å². The Labute approximate surface area is 93.9 Å². The molecule has 1 aromatic rings. The Morgan fingerprint density at radius 1 is 1.31 bits per heavy atom. The number of hydrogen-bond acceptors (Lipinski definition) is 5. The van der Waals surface area contributed by atoms with E-state index in [1.807, 2.05) is 20.8 Å². The van der Waals surface area contributed by atoms with Crippen molar-refractivity contribution in [1.82, 2.24) is 9.97 Å². The van der Waals surface area contributed by atoms with Gasteiger partial charge in [-0.3, -0.25) is 0 Å². The highest BCUT2D eigenvalue weighted by Gasteiger charge is 2.31. The van der Waals surface area contributed by atoms with Gasteiger partial charge in [-0.05, 0) is 0 Å². The molecule has 0 fully saturated rings. The standard InChI is InChI=1S/C9H12N4O2S/c1-9(2,3)8-12-7-6(4-10-5-11-7)16(14,15)13-8/h4-5H,1-3H3,(H,10,11,12,13). The molecule has 7 heteroatoms. The van der Waals surface area contributed by atoms with Crippen molar-refractivity contribution in [2.75, 3.05) is 5.32 Å². The molecule has 2 heterocycles. The van der Waals surface area contributed by atoms with Gasteiger partial charge in [0, 0.05) is 5.41 Å².